The molecule has 1 aliphatic heterocycles. The van der Waals surface area contributed by atoms with E-state index in [4.69, 9.17) is 4.74 Å². The Morgan fingerprint density at radius 1 is 1.45 bits per heavy atom. The molecular weight excluding hydrogens is 407 g/mol. The van der Waals surface area contributed by atoms with E-state index in [0.717, 1.165) is 0 Å². The van der Waals surface area contributed by atoms with Gasteiger partial charge in [-0.1, -0.05) is 6.07 Å². The Morgan fingerprint density at radius 2 is 2.29 bits per heavy atom. The minimum Gasteiger partial charge on any atom is -0.391 e. The van der Waals surface area contributed by atoms with Crippen molar-refractivity contribution in [3.63, 3.8) is 0 Å². The smallest absolute Gasteiger partial charge is 0.270 e. The molecule has 0 saturated carbocycles. The molecule has 0 spiro atoms. The molecule has 2 aromatic heterocycles. The van der Waals surface area contributed by atoms with Crippen LogP contribution in [0.25, 0.3) is 11.4 Å². The number of amides is 1. The minimum atomic E-state index is -0.632. The van der Waals surface area contributed by atoms with E-state index < -0.39 is 23.9 Å². The molecule has 11 heteroatoms. The molecule has 162 valence electrons. The van der Waals surface area contributed by atoms with Crippen LogP contribution in [0.5, 0.6) is 0 Å². The van der Waals surface area contributed by atoms with Gasteiger partial charge < -0.3 is 24.7 Å². The van der Waals surface area contributed by atoms with Crippen molar-refractivity contribution in [2.45, 2.75) is 25.5 Å². The Morgan fingerprint density at radius 3 is 2.97 bits per heavy atom. The zero-order valence-electron chi connectivity index (χ0n) is 16.8. The lowest BCUT2D eigenvalue weighted by atomic mass is 10.1. The molecule has 1 unspecified atom stereocenters. The lowest BCUT2D eigenvalue weighted by Gasteiger charge is -2.13. The topological polar surface area (TPSA) is 135 Å². The van der Waals surface area contributed by atoms with E-state index >= 15 is 0 Å². The van der Waals surface area contributed by atoms with Gasteiger partial charge in [0.25, 0.3) is 11.5 Å². The summed E-state index contributed by atoms with van der Waals surface area (Å²) in [6.07, 6.45) is 2.17. The van der Waals surface area contributed by atoms with Gasteiger partial charge in [-0.2, -0.15) is 0 Å². The molecule has 1 aliphatic rings. The fraction of sp³-hybridized carbons (Fsp3) is 0.350. The largest absolute Gasteiger partial charge is 0.391 e. The van der Waals surface area contributed by atoms with Gasteiger partial charge in [-0.25, -0.2) is 9.37 Å². The molecule has 3 aromatic rings. The maximum atomic E-state index is 13.8. The van der Waals surface area contributed by atoms with Crippen molar-refractivity contribution < 1.29 is 19.0 Å². The number of hydrogen-bond donors (Lipinski definition) is 3. The summed E-state index contributed by atoms with van der Waals surface area (Å²) in [7, 11) is 1.73. The molecule has 0 radical (unpaired) electrons. The summed E-state index contributed by atoms with van der Waals surface area (Å²) in [5.74, 6) is -0.394. The normalized spacial score (nSPS) is 15.9. The SMILES string of the molecule is Cn1cnnc1-c1cc(F)ccc1CNC(=O)c1nc(C2CCOC2)[nH]c(=O)c1CO. The van der Waals surface area contributed by atoms with E-state index in [1.807, 2.05) is 0 Å². The van der Waals surface area contributed by atoms with E-state index in [1.54, 1.807) is 17.7 Å². The lowest BCUT2D eigenvalue weighted by molar-refractivity contribution is 0.0941. The van der Waals surface area contributed by atoms with Gasteiger partial charge in [0.1, 0.15) is 23.7 Å². The highest BCUT2D eigenvalue weighted by Gasteiger charge is 2.25. The van der Waals surface area contributed by atoms with E-state index in [0.29, 0.717) is 42.4 Å². The maximum absolute atomic E-state index is 13.8. The zero-order chi connectivity index (χ0) is 22.0. The molecule has 0 aliphatic carbocycles. The molecule has 1 aromatic carbocycles. The number of carbonyl (C=O) groups is 1. The number of aromatic amines is 1. The first-order valence-corrected chi connectivity index (χ1v) is 9.70. The van der Waals surface area contributed by atoms with Crippen LogP contribution < -0.4 is 10.9 Å². The molecule has 4 rings (SSSR count). The second kappa shape index (κ2) is 8.74. The van der Waals surface area contributed by atoms with Gasteiger partial charge in [0.05, 0.1) is 18.8 Å². The Labute approximate surface area is 176 Å². The Kier molecular flexibility index (Phi) is 5.87. The minimum absolute atomic E-state index is 0.0303. The van der Waals surface area contributed by atoms with Gasteiger partial charge in [-0.05, 0) is 24.1 Å². The second-order valence-electron chi connectivity index (χ2n) is 7.25. The Balaban J connectivity index is 1.61. The van der Waals surface area contributed by atoms with Crippen molar-refractivity contribution in [3.05, 3.63) is 63.3 Å². The highest BCUT2D eigenvalue weighted by atomic mass is 19.1. The summed E-state index contributed by atoms with van der Waals surface area (Å²) < 4.78 is 20.8. The number of ether oxygens (including phenoxy) is 1. The standard InChI is InChI=1S/C20H21FN6O4/c1-27-10-23-26-18(27)14-6-13(21)3-2-11(14)7-22-20(30)16-15(8-28)19(29)25-17(24-16)12-4-5-31-9-12/h2-3,6,10,12,28H,4-5,7-9H2,1H3,(H,22,30)(H,24,25,29). The number of hydrogen-bond acceptors (Lipinski definition) is 7. The molecule has 1 amide bonds. The van der Waals surface area contributed by atoms with Gasteiger partial charge >= 0.3 is 0 Å². The van der Waals surface area contributed by atoms with Crippen LogP contribution in [0.1, 0.15) is 39.8 Å². The predicted octanol–water partition coefficient (Wildman–Crippen LogP) is 0.631. The predicted molar refractivity (Wildman–Crippen MR) is 107 cm³/mol. The van der Waals surface area contributed by atoms with Crippen molar-refractivity contribution in [1.82, 2.24) is 30.0 Å². The fourth-order valence-corrected chi connectivity index (χ4v) is 3.49. The van der Waals surface area contributed by atoms with Crippen LogP contribution in [0.15, 0.2) is 29.3 Å². The van der Waals surface area contributed by atoms with E-state index in [9.17, 15) is 19.1 Å². The molecular formula is C20H21FN6O4. The van der Waals surface area contributed by atoms with Crippen LogP contribution in [-0.2, 0) is 24.9 Å². The van der Waals surface area contributed by atoms with Crippen molar-refractivity contribution in [3.8, 4) is 11.4 Å². The average Bonchev–Trinajstić information content (AvgIpc) is 3.44. The summed E-state index contributed by atoms with van der Waals surface area (Å²) in [6, 6.07) is 4.14. The number of carbonyl (C=O) groups excluding carboxylic acids is 1. The molecule has 3 N–H and O–H groups in total. The van der Waals surface area contributed by atoms with Gasteiger partial charge in [-0.15, -0.1) is 10.2 Å². The number of aliphatic hydroxyl groups is 1. The first kappa shape index (κ1) is 20.8. The number of benzene rings is 1. The first-order valence-electron chi connectivity index (χ1n) is 9.70. The van der Waals surface area contributed by atoms with Crippen LogP contribution in [-0.4, -0.2) is 49.0 Å². The van der Waals surface area contributed by atoms with Gasteiger partial charge in [-0.3, -0.25) is 9.59 Å². The number of rotatable bonds is 6. The van der Waals surface area contributed by atoms with Crippen LogP contribution >= 0.6 is 0 Å². The van der Waals surface area contributed by atoms with Crippen molar-refractivity contribution >= 4 is 5.91 Å². The Hall–Kier alpha value is -3.44. The number of H-pyrrole nitrogens is 1. The summed E-state index contributed by atoms with van der Waals surface area (Å²) in [4.78, 5) is 32.2. The third-order valence-corrected chi connectivity index (χ3v) is 5.19. The number of aromatic nitrogens is 5. The third kappa shape index (κ3) is 4.23. The second-order valence-corrected chi connectivity index (χ2v) is 7.25. The third-order valence-electron chi connectivity index (χ3n) is 5.19. The summed E-state index contributed by atoms with van der Waals surface area (Å²) >= 11 is 0. The molecule has 1 atom stereocenters. The van der Waals surface area contributed by atoms with Crippen molar-refractivity contribution in [2.75, 3.05) is 13.2 Å². The monoisotopic (exact) mass is 428 g/mol. The lowest BCUT2D eigenvalue weighted by Crippen LogP contribution is -2.31. The molecule has 10 nitrogen and oxygen atoms in total. The first-order chi connectivity index (χ1) is 15.0. The van der Waals surface area contributed by atoms with Gasteiger partial charge in [0.2, 0.25) is 0 Å². The number of aliphatic hydroxyl groups excluding tert-OH is 1. The van der Waals surface area contributed by atoms with E-state index in [1.165, 1.54) is 18.5 Å². The molecule has 1 fully saturated rings. The number of aryl methyl sites for hydroxylation is 1. The van der Waals surface area contributed by atoms with Gasteiger partial charge in [0.15, 0.2) is 5.82 Å². The van der Waals surface area contributed by atoms with Crippen LogP contribution in [0.3, 0.4) is 0 Å². The summed E-state index contributed by atoms with van der Waals surface area (Å²) in [6.45, 7) is 0.349. The maximum Gasteiger partial charge on any atom is 0.270 e. The number of nitrogens with zero attached hydrogens (tertiary/aromatic N) is 4. The average molecular weight is 428 g/mol. The number of halogens is 1. The van der Waals surface area contributed by atoms with Crippen LogP contribution in [0.4, 0.5) is 4.39 Å². The highest BCUT2D eigenvalue weighted by Crippen LogP contribution is 2.23. The molecule has 31 heavy (non-hydrogen) atoms. The summed E-state index contributed by atoms with van der Waals surface area (Å²) in [5.41, 5.74) is 0.255. The van der Waals surface area contributed by atoms with E-state index in [2.05, 4.69) is 25.5 Å². The Bertz CT molecular complexity index is 1170. The van der Waals surface area contributed by atoms with Crippen molar-refractivity contribution in [1.29, 1.82) is 0 Å². The fourth-order valence-electron chi connectivity index (χ4n) is 3.49. The zero-order valence-corrected chi connectivity index (χ0v) is 16.8. The van der Waals surface area contributed by atoms with Gasteiger partial charge in [0, 0.05) is 31.7 Å². The quantitative estimate of drug-likeness (QED) is 0.524. The van der Waals surface area contributed by atoms with Crippen molar-refractivity contribution in [2.24, 2.45) is 7.05 Å². The highest BCUT2D eigenvalue weighted by molar-refractivity contribution is 5.93. The molecule has 3 heterocycles. The van der Waals surface area contributed by atoms with Crippen LogP contribution in [0, 0.1) is 5.82 Å². The molecule has 0 bridgehead atoms. The summed E-state index contributed by atoms with van der Waals surface area (Å²) in [5, 5.41) is 20.1. The van der Waals surface area contributed by atoms with Crippen LogP contribution in [0.2, 0.25) is 0 Å². The number of nitrogens with one attached hydrogen (secondary N) is 2. The van der Waals surface area contributed by atoms with E-state index in [-0.39, 0.29) is 23.7 Å². The molecule has 1 saturated heterocycles.